The number of aryl methyl sites for hydroxylation is 2. The molecule has 88 valence electrons. The van der Waals surface area contributed by atoms with Gasteiger partial charge in [0.25, 0.3) is 0 Å². The number of nitrogens with zero attached hydrogens (tertiary/aromatic N) is 1. The van der Waals surface area contributed by atoms with Crippen LogP contribution in [0.3, 0.4) is 0 Å². The van der Waals surface area contributed by atoms with E-state index in [1.54, 1.807) is 0 Å². The minimum Gasteiger partial charge on any atom is -0.312 e. The van der Waals surface area contributed by atoms with Crippen LogP contribution in [-0.4, -0.2) is 12.5 Å². The minimum atomic E-state index is 0.258. The molecule has 0 bridgehead atoms. The number of anilines is 1. The van der Waals surface area contributed by atoms with Crippen LogP contribution in [0.4, 0.5) is 5.69 Å². The Balaban J connectivity index is 0.000000606. The van der Waals surface area contributed by atoms with Gasteiger partial charge in [-0.15, -0.1) is 0 Å². The molecule has 0 radical (unpaired) electrons. The van der Waals surface area contributed by atoms with Crippen molar-refractivity contribution in [2.45, 2.75) is 40.5 Å². The third-order valence-electron chi connectivity index (χ3n) is 2.88. The first-order valence-corrected chi connectivity index (χ1v) is 6.06. The van der Waals surface area contributed by atoms with Crippen molar-refractivity contribution in [1.82, 2.24) is 0 Å². The highest BCUT2D eigenvalue weighted by Crippen LogP contribution is 2.23. The van der Waals surface area contributed by atoms with E-state index < -0.39 is 0 Å². The number of rotatable bonds is 1. The lowest BCUT2D eigenvalue weighted by Crippen LogP contribution is -2.23. The fraction of sp³-hybridized carbons (Fsp3) is 0.500. The SMILES string of the molecule is CC.Cc1ccc(N2CCCC2=O)cc1C. The molecule has 0 aromatic heterocycles. The first-order valence-electron chi connectivity index (χ1n) is 6.06. The topological polar surface area (TPSA) is 20.3 Å². The highest BCUT2D eigenvalue weighted by molar-refractivity contribution is 5.95. The van der Waals surface area contributed by atoms with Crippen molar-refractivity contribution in [1.29, 1.82) is 0 Å². The van der Waals surface area contributed by atoms with E-state index in [1.807, 2.05) is 24.8 Å². The first-order chi connectivity index (χ1) is 7.68. The number of hydrogen-bond acceptors (Lipinski definition) is 1. The van der Waals surface area contributed by atoms with Gasteiger partial charge in [-0.05, 0) is 43.5 Å². The summed E-state index contributed by atoms with van der Waals surface area (Å²) >= 11 is 0. The molecule has 1 aliphatic rings. The lowest BCUT2D eigenvalue weighted by atomic mass is 10.1. The summed E-state index contributed by atoms with van der Waals surface area (Å²) in [5.74, 6) is 0.258. The van der Waals surface area contributed by atoms with Crippen molar-refractivity contribution in [3.8, 4) is 0 Å². The molecular weight excluding hydrogens is 198 g/mol. The molecule has 1 aromatic carbocycles. The predicted molar refractivity (Wildman–Crippen MR) is 68.9 cm³/mol. The zero-order valence-corrected chi connectivity index (χ0v) is 10.7. The van der Waals surface area contributed by atoms with E-state index in [0.29, 0.717) is 6.42 Å². The molecule has 0 N–H and O–H groups in total. The van der Waals surface area contributed by atoms with Crippen LogP contribution in [0.15, 0.2) is 18.2 Å². The number of benzene rings is 1. The van der Waals surface area contributed by atoms with Crippen LogP contribution in [-0.2, 0) is 4.79 Å². The molecule has 2 nitrogen and oxygen atoms in total. The number of carbonyl (C=O) groups is 1. The van der Waals surface area contributed by atoms with E-state index in [-0.39, 0.29) is 5.91 Å². The summed E-state index contributed by atoms with van der Waals surface area (Å²) < 4.78 is 0. The van der Waals surface area contributed by atoms with Crippen LogP contribution in [0.5, 0.6) is 0 Å². The van der Waals surface area contributed by atoms with Gasteiger partial charge in [0.15, 0.2) is 0 Å². The molecule has 1 saturated heterocycles. The van der Waals surface area contributed by atoms with Gasteiger partial charge in [0, 0.05) is 18.7 Å². The maximum Gasteiger partial charge on any atom is 0.227 e. The number of hydrogen-bond donors (Lipinski definition) is 0. The zero-order valence-electron chi connectivity index (χ0n) is 10.7. The van der Waals surface area contributed by atoms with Gasteiger partial charge in [0.1, 0.15) is 0 Å². The minimum absolute atomic E-state index is 0.258. The van der Waals surface area contributed by atoms with Crippen LogP contribution >= 0.6 is 0 Å². The van der Waals surface area contributed by atoms with Gasteiger partial charge in [-0.2, -0.15) is 0 Å². The van der Waals surface area contributed by atoms with Gasteiger partial charge in [-0.25, -0.2) is 0 Å². The standard InChI is InChI=1S/C12H15NO.C2H6/c1-9-5-6-11(8-10(9)2)13-7-3-4-12(13)14;1-2/h5-6,8H,3-4,7H2,1-2H3;1-2H3. The summed E-state index contributed by atoms with van der Waals surface area (Å²) in [7, 11) is 0. The zero-order chi connectivity index (χ0) is 12.1. The Labute approximate surface area is 98.3 Å². The van der Waals surface area contributed by atoms with Crippen LogP contribution in [0.25, 0.3) is 0 Å². The van der Waals surface area contributed by atoms with Crippen LogP contribution in [0.1, 0.15) is 37.8 Å². The van der Waals surface area contributed by atoms with Crippen molar-refractivity contribution < 1.29 is 4.79 Å². The summed E-state index contributed by atoms with van der Waals surface area (Å²) in [5.41, 5.74) is 3.58. The summed E-state index contributed by atoms with van der Waals surface area (Å²) in [6.07, 6.45) is 1.69. The fourth-order valence-electron chi connectivity index (χ4n) is 1.81. The van der Waals surface area contributed by atoms with Gasteiger partial charge in [0.2, 0.25) is 5.91 Å². The molecule has 1 amide bonds. The molecule has 0 saturated carbocycles. The number of carbonyl (C=O) groups excluding carboxylic acids is 1. The Morgan fingerprint density at radius 3 is 2.31 bits per heavy atom. The lowest BCUT2D eigenvalue weighted by Gasteiger charge is -2.16. The molecule has 16 heavy (non-hydrogen) atoms. The van der Waals surface area contributed by atoms with Gasteiger partial charge in [0.05, 0.1) is 0 Å². The third-order valence-corrected chi connectivity index (χ3v) is 2.88. The molecule has 0 aliphatic carbocycles. The van der Waals surface area contributed by atoms with Crippen LogP contribution < -0.4 is 4.90 Å². The Morgan fingerprint density at radius 1 is 1.12 bits per heavy atom. The monoisotopic (exact) mass is 219 g/mol. The molecule has 0 atom stereocenters. The second-order valence-corrected chi connectivity index (χ2v) is 3.92. The van der Waals surface area contributed by atoms with Crippen LogP contribution in [0, 0.1) is 13.8 Å². The van der Waals surface area contributed by atoms with Gasteiger partial charge in [-0.3, -0.25) is 4.79 Å². The molecule has 0 unspecified atom stereocenters. The van der Waals surface area contributed by atoms with E-state index in [2.05, 4.69) is 26.0 Å². The van der Waals surface area contributed by atoms with Crippen molar-refractivity contribution in [3.63, 3.8) is 0 Å². The smallest absolute Gasteiger partial charge is 0.227 e. The molecule has 2 rings (SSSR count). The van der Waals surface area contributed by atoms with Gasteiger partial charge >= 0.3 is 0 Å². The van der Waals surface area contributed by atoms with E-state index in [1.165, 1.54) is 11.1 Å². The maximum atomic E-state index is 11.5. The maximum absolute atomic E-state index is 11.5. The van der Waals surface area contributed by atoms with Crippen molar-refractivity contribution >= 4 is 11.6 Å². The highest BCUT2D eigenvalue weighted by atomic mass is 16.2. The van der Waals surface area contributed by atoms with Gasteiger partial charge in [-0.1, -0.05) is 19.9 Å². The Bertz CT molecular complexity index is 371. The summed E-state index contributed by atoms with van der Waals surface area (Å²) in [4.78, 5) is 13.4. The quantitative estimate of drug-likeness (QED) is 0.708. The van der Waals surface area contributed by atoms with Crippen molar-refractivity contribution in [2.75, 3.05) is 11.4 Å². The van der Waals surface area contributed by atoms with Crippen molar-refractivity contribution in [2.24, 2.45) is 0 Å². The largest absolute Gasteiger partial charge is 0.312 e. The fourth-order valence-corrected chi connectivity index (χ4v) is 1.81. The lowest BCUT2D eigenvalue weighted by molar-refractivity contribution is -0.117. The van der Waals surface area contributed by atoms with E-state index in [0.717, 1.165) is 18.7 Å². The third kappa shape index (κ3) is 2.63. The molecule has 1 aliphatic heterocycles. The Morgan fingerprint density at radius 2 is 1.81 bits per heavy atom. The molecule has 2 heteroatoms. The Kier molecular flexibility index (Phi) is 4.53. The Hall–Kier alpha value is -1.31. The normalized spacial score (nSPS) is 14.8. The molecule has 0 spiro atoms. The average Bonchev–Trinajstić information content (AvgIpc) is 2.72. The molecule has 1 heterocycles. The summed E-state index contributed by atoms with van der Waals surface area (Å²) in [5, 5.41) is 0. The second kappa shape index (κ2) is 5.69. The van der Waals surface area contributed by atoms with E-state index in [9.17, 15) is 4.79 Å². The van der Waals surface area contributed by atoms with E-state index >= 15 is 0 Å². The predicted octanol–water partition coefficient (Wildman–Crippen LogP) is 3.46. The summed E-state index contributed by atoms with van der Waals surface area (Å²) in [6.45, 7) is 9.05. The van der Waals surface area contributed by atoms with Gasteiger partial charge < -0.3 is 4.90 Å². The van der Waals surface area contributed by atoms with Crippen LogP contribution in [0.2, 0.25) is 0 Å². The summed E-state index contributed by atoms with van der Waals surface area (Å²) in [6, 6.07) is 6.21. The second-order valence-electron chi connectivity index (χ2n) is 3.92. The molecule has 1 aromatic rings. The van der Waals surface area contributed by atoms with E-state index in [4.69, 9.17) is 0 Å². The van der Waals surface area contributed by atoms with Crippen molar-refractivity contribution in [3.05, 3.63) is 29.3 Å². The molecule has 1 fully saturated rings. The first kappa shape index (κ1) is 12.8. The highest BCUT2D eigenvalue weighted by Gasteiger charge is 2.21. The number of amides is 1. The molecular formula is C14H21NO. The average molecular weight is 219 g/mol.